The Balaban J connectivity index is 1.68. The van der Waals surface area contributed by atoms with Crippen LogP contribution in [0.2, 0.25) is 0 Å². The Hall–Kier alpha value is -4.44. The molecule has 17 heteroatoms. The van der Waals surface area contributed by atoms with Crippen molar-refractivity contribution in [1.29, 1.82) is 0 Å². The molecule has 0 saturated heterocycles. The van der Waals surface area contributed by atoms with Crippen molar-refractivity contribution in [2.24, 2.45) is 15.4 Å². The van der Waals surface area contributed by atoms with Gasteiger partial charge in [0.05, 0.1) is 11.4 Å². The predicted molar refractivity (Wildman–Crippen MR) is 161 cm³/mol. The Labute approximate surface area is 282 Å². The summed E-state index contributed by atoms with van der Waals surface area (Å²) in [5, 5.41) is 0. The van der Waals surface area contributed by atoms with Crippen LogP contribution in [0.1, 0.15) is 63.8 Å². The maximum atomic E-state index is 14.7. The van der Waals surface area contributed by atoms with E-state index in [0.29, 0.717) is 5.56 Å². The van der Waals surface area contributed by atoms with Gasteiger partial charge in [-0.2, -0.15) is 52.7 Å². The summed E-state index contributed by atoms with van der Waals surface area (Å²) in [6.45, 7) is 9.09. The van der Waals surface area contributed by atoms with Crippen LogP contribution in [0.5, 0.6) is 11.5 Å². The second-order valence-electron chi connectivity index (χ2n) is 13.9. The minimum absolute atomic E-state index is 0.197. The van der Waals surface area contributed by atoms with Crippen molar-refractivity contribution in [3.8, 4) is 11.5 Å². The fourth-order valence-corrected chi connectivity index (χ4v) is 5.44. The molecule has 0 amide bonds. The zero-order valence-electron chi connectivity index (χ0n) is 27.4. The SMILES string of the molecule is CC(C)(C)C1=Nc2ccc(Oc3ccc4c(c3)C(C(F)(F)F)(C(F)(F)F)OC(c3cccc(C(C)(C)C)c3)=N4)cc2C(C(F)(F)F)(C(F)(F)F)O1. The summed E-state index contributed by atoms with van der Waals surface area (Å²) in [7, 11) is 0. The van der Waals surface area contributed by atoms with Crippen LogP contribution in [0.4, 0.5) is 64.1 Å². The first-order chi connectivity index (χ1) is 23.0. The normalized spacial score (nSPS) is 17.7. The molecule has 0 bridgehead atoms. The number of hydrogen-bond donors (Lipinski definition) is 0. The van der Waals surface area contributed by atoms with Crippen molar-refractivity contribution in [2.45, 2.75) is 82.9 Å². The van der Waals surface area contributed by atoms with Gasteiger partial charge in [-0.05, 0) is 59.5 Å². The standard InChI is InChI=1S/C34H28F12N2O3/c1-27(2,3)18-9-7-8-17(14-18)25-47-23-12-10-19(15-21(23)29(50-25,31(35,36)37)32(38,39)40)49-20-11-13-24-22(16-20)30(33(41,42)43,34(44,45)46)51-26(48-24)28(4,5)6/h7-16H,1-6H3. The lowest BCUT2D eigenvalue weighted by Crippen LogP contribution is -2.58. The van der Waals surface area contributed by atoms with E-state index < -0.39 is 92.5 Å². The quantitative estimate of drug-likeness (QED) is 0.251. The average molecular weight is 741 g/mol. The van der Waals surface area contributed by atoms with Gasteiger partial charge in [0, 0.05) is 22.1 Å². The summed E-state index contributed by atoms with van der Waals surface area (Å²) in [5.41, 5.74) is -16.4. The highest BCUT2D eigenvalue weighted by molar-refractivity contribution is 5.98. The number of alkyl halides is 12. The molecule has 0 aliphatic carbocycles. The Morgan fingerprint density at radius 2 is 0.980 bits per heavy atom. The molecule has 51 heavy (non-hydrogen) atoms. The zero-order valence-corrected chi connectivity index (χ0v) is 27.4. The Kier molecular flexibility index (Phi) is 8.55. The van der Waals surface area contributed by atoms with E-state index in [0.717, 1.165) is 24.3 Å². The first kappa shape index (κ1) is 37.8. The number of nitrogens with zero attached hydrogens (tertiary/aromatic N) is 2. The van der Waals surface area contributed by atoms with E-state index in [1.54, 1.807) is 26.8 Å². The predicted octanol–water partition coefficient (Wildman–Crippen LogP) is 11.6. The van der Waals surface area contributed by atoms with Crippen LogP contribution in [0.25, 0.3) is 0 Å². The molecule has 5 rings (SSSR count). The lowest BCUT2D eigenvalue weighted by Gasteiger charge is -2.42. The molecule has 0 radical (unpaired) electrons. The molecule has 2 aliphatic rings. The number of halogens is 12. The summed E-state index contributed by atoms with van der Waals surface area (Å²) >= 11 is 0. The Morgan fingerprint density at radius 1 is 0.529 bits per heavy atom. The molecule has 0 atom stereocenters. The maximum absolute atomic E-state index is 14.7. The average Bonchev–Trinajstić information content (AvgIpc) is 2.96. The molecule has 0 unspecified atom stereocenters. The van der Waals surface area contributed by atoms with E-state index in [4.69, 9.17) is 9.47 Å². The van der Waals surface area contributed by atoms with Gasteiger partial charge in [0.1, 0.15) is 11.5 Å². The largest absolute Gasteiger partial charge is 0.457 e. The third-order valence-corrected chi connectivity index (χ3v) is 8.09. The minimum atomic E-state index is -6.17. The van der Waals surface area contributed by atoms with Crippen LogP contribution < -0.4 is 4.74 Å². The Bertz CT molecular complexity index is 1880. The van der Waals surface area contributed by atoms with Gasteiger partial charge in [0.15, 0.2) is 5.90 Å². The fraction of sp³-hybridized carbons (Fsp3) is 0.412. The molecule has 3 aromatic rings. The Morgan fingerprint density at radius 3 is 1.41 bits per heavy atom. The maximum Gasteiger partial charge on any atom is 0.442 e. The summed E-state index contributed by atoms with van der Waals surface area (Å²) in [4.78, 5) is 7.75. The number of ether oxygens (including phenoxy) is 3. The molecule has 2 heterocycles. The van der Waals surface area contributed by atoms with Crippen molar-refractivity contribution in [1.82, 2.24) is 0 Å². The third-order valence-electron chi connectivity index (χ3n) is 8.09. The van der Waals surface area contributed by atoms with E-state index in [2.05, 4.69) is 14.7 Å². The fourth-order valence-electron chi connectivity index (χ4n) is 5.44. The molecule has 0 spiro atoms. The highest BCUT2D eigenvalue weighted by atomic mass is 19.4. The first-order valence-corrected chi connectivity index (χ1v) is 14.9. The van der Waals surface area contributed by atoms with E-state index >= 15 is 0 Å². The van der Waals surface area contributed by atoms with Gasteiger partial charge in [-0.25, -0.2) is 9.98 Å². The van der Waals surface area contributed by atoms with Crippen LogP contribution in [0.15, 0.2) is 70.6 Å². The van der Waals surface area contributed by atoms with E-state index in [1.807, 2.05) is 0 Å². The summed E-state index contributed by atoms with van der Waals surface area (Å²) in [6.07, 6.45) is -24.6. The third kappa shape index (κ3) is 6.26. The molecule has 0 saturated carbocycles. The number of fused-ring (bicyclic) bond motifs is 2. The molecule has 276 valence electrons. The molecule has 2 aliphatic heterocycles. The van der Waals surface area contributed by atoms with Crippen LogP contribution in [-0.2, 0) is 26.1 Å². The van der Waals surface area contributed by atoms with Crippen LogP contribution >= 0.6 is 0 Å². The number of hydrogen-bond acceptors (Lipinski definition) is 5. The van der Waals surface area contributed by atoms with Crippen molar-refractivity contribution >= 4 is 23.2 Å². The van der Waals surface area contributed by atoms with Crippen LogP contribution in [0, 0.1) is 5.41 Å². The molecule has 0 aromatic heterocycles. The van der Waals surface area contributed by atoms with Crippen molar-refractivity contribution in [3.05, 3.63) is 82.9 Å². The van der Waals surface area contributed by atoms with Gasteiger partial charge in [-0.3, -0.25) is 0 Å². The van der Waals surface area contributed by atoms with Crippen LogP contribution in [0.3, 0.4) is 0 Å². The lowest BCUT2D eigenvalue weighted by atomic mass is 9.85. The number of benzene rings is 3. The second kappa shape index (κ2) is 11.5. The lowest BCUT2D eigenvalue weighted by molar-refractivity contribution is -0.371. The number of aliphatic imine (C=N–C) groups is 2. The van der Waals surface area contributed by atoms with Gasteiger partial charge < -0.3 is 14.2 Å². The molecule has 3 aromatic carbocycles. The van der Waals surface area contributed by atoms with E-state index in [1.165, 1.54) is 39.0 Å². The first-order valence-electron chi connectivity index (χ1n) is 14.9. The smallest absolute Gasteiger partial charge is 0.442 e. The monoisotopic (exact) mass is 740 g/mol. The minimum Gasteiger partial charge on any atom is -0.457 e. The topological polar surface area (TPSA) is 52.4 Å². The molecule has 0 N–H and O–H groups in total. The molecule has 5 nitrogen and oxygen atoms in total. The van der Waals surface area contributed by atoms with Crippen molar-refractivity contribution in [2.75, 3.05) is 0 Å². The van der Waals surface area contributed by atoms with Gasteiger partial charge in [0.2, 0.25) is 5.90 Å². The molecular weight excluding hydrogens is 712 g/mol. The van der Waals surface area contributed by atoms with Gasteiger partial charge in [0.25, 0.3) is 0 Å². The summed E-state index contributed by atoms with van der Waals surface area (Å²) in [6, 6.07) is 9.22. The van der Waals surface area contributed by atoms with Gasteiger partial charge in [-0.15, -0.1) is 0 Å². The number of rotatable bonds is 3. The van der Waals surface area contributed by atoms with Crippen molar-refractivity contribution in [3.63, 3.8) is 0 Å². The summed E-state index contributed by atoms with van der Waals surface area (Å²) in [5.74, 6) is -3.55. The summed E-state index contributed by atoms with van der Waals surface area (Å²) < 4.78 is 190. The molecule has 0 fully saturated rings. The second-order valence-corrected chi connectivity index (χ2v) is 13.9. The van der Waals surface area contributed by atoms with Gasteiger partial charge >= 0.3 is 35.9 Å². The highest BCUT2D eigenvalue weighted by Gasteiger charge is 2.78. The van der Waals surface area contributed by atoms with E-state index in [-0.39, 0.29) is 17.7 Å². The molecular formula is C34H28F12N2O3. The highest BCUT2D eigenvalue weighted by Crippen LogP contribution is 2.60. The van der Waals surface area contributed by atoms with E-state index in [9.17, 15) is 52.7 Å². The van der Waals surface area contributed by atoms with Gasteiger partial charge in [-0.1, -0.05) is 53.7 Å². The zero-order chi connectivity index (χ0) is 38.4. The van der Waals surface area contributed by atoms with Crippen LogP contribution in [-0.4, -0.2) is 36.5 Å². The van der Waals surface area contributed by atoms with Crippen molar-refractivity contribution < 1.29 is 66.9 Å².